The van der Waals surface area contributed by atoms with E-state index in [2.05, 4.69) is 25.1 Å². The fourth-order valence-corrected chi connectivity index (χ4v) is 4.02. The Hall–Kier alpha value is -2.29. The van der Waals surface area contributed by atoms with Crippen molar-refractivity contribution < 1.29 is 9.53 Å². The molecule has 0 spiro atoms. The molecule has 2 heterocycles. The van der Waals surface area contributed by atoms with Crippen molar-refractivity contribution in [3.05, 3.63) is 58.5 Å². The van der Waals surface area contributed by atoms with Gasteiger partial charge in [0.05, 0.1) is 15.3 Å². The quantitative estimate of drug-likeness (QED) is 0.472. The average molecular weight is 464 g/mol. The molecule has 1 aromatic carbocycles. The lowest BCUT2D eigenvalue weighted by Gasteiger charge is -2.13. The summed E-state index contributed by atoms with van der Waals surface area (Å²) in [6, 6.07) is 11.0. The van der Waals surface area contributed by atoms with Gasteiger partial charge in [0, 0.05) is 12.2 Å². The second-order valence-corrected chi connectivity index (χ2v) is 8.98. The first-order valence-electron chi connectivity index (χ1n) is 9.41. The highest BCUT2D eigenvalue weighted by Gasteiger charge is 2.31. The van der Waals surface area contributed by atoms with Crippen LogP contribution in [0.15, 0.2) is 47.8 Å². The topological polar surface area (TPSA) is 81.9 Å². The van der Waals surface area contributed by atoms with Gasteiger partial charge in [0.1, 0.15) is 18.2 Å². The zero-order valence-electron chi connectivity index (χ0n) is 16.1. The zero-order chi connectivity index (χ0) is 21.1. The monoisotopic (exact) mass is 463 g/mol. The van der Waals surface area contributed by atoms with Crippen LogP contribution < -0.4 is 10.1 Å². The molecule has 1 amide bonds. The van der Waals surface area contributed by atoms with Gasteiger partial charge < -0.3 is 10.1 Å². The van der Waals surface area contributed by atoms with Crippen molar-refractivity contribution in [1.82, 2.24) is 19.7 Å². The molecule has 30 heavy (non-hydrogen) atoms. The van der Waals surface area contributed by atoms with Crippen LogP contribution in [-0.2, 0) is 11.4 Å². The number of nitrogens with zero attached hydrogens (tertiary/aromatic N) is 4. The number of ether oxygens (including phenoxy) is 1. The Labute approximate surface area is 188 Å². The summed E-state index contributed by atoms with van der Waals surface area (Å²) in [6.45, 7) is 2.07. The van der Waals surface area contributed by atoms with Crippen LogP contribution in [0, 0.1) is 0 Å². The van der Waals surface area contributed by atoms with Crippen LogP contribution in [0.4, 0.5) is 5.82 Å². The van der Waals surface area contributed by atoms with Gasteiger partial charge in [0.25, 0.3) is 0 Å². The van der Waals surface area contributed by atoms with Crippen LogP contribution in [-0.4, -0.2) is 30.9 Å². The van der Waals surface area contributed by atoms with Crippen molar-refractivity contribution >= 4 is 46.7 Å². The second kappa shape index (κ2) is 9.24. The molecular weight excluding hydrogens is 445 g/mol. The molecule has 0 saturated heterocycles. The molecule has 1 fully saturated rings. The lowest BCUT2D eigenvalue weighted by molar-refractivity contribution is -0.115. The van der Waals surface area contributed by atoms with E-state index < -0.39 is 0 Å². The van der Waals surface area contributed by atoms with Gasteiger partial charge in [0.2, 0.25) is 5.91 Å². The number of rotatable bonds is 8. The fraction of sp³-hybridized carbons (Fsp3) is 0.300. The molecule has 0 unspecified atom stereocenters. The third kappa shape index (κ3) is 5.06. The highest BCUT2D eigenvalue weighted by molar-refractivity contribution is 8.00. The van der Waals surface area contributed by atoms with Crippen LogP contribution in [0.25, 0.3) is 0 Å². The number of nitrogens with one attached hydrogen (secondary N) is 1. The first kappa shape index (κ1) is 21.0. The fourth-order valence-electron chi connectivity index (χ4n) is 2.78. The van der Waals surface area contributed by atoms with E-state index in [1.54, 1.807) is 18.2 Å². The molecule has 4 rings (SSSR count). The Bertz CT molecular complexity index is 1040. The maximum atomic E-state index is 12.6. The van der Waals surface area contributed by atoms with Gasteiger partial charge in [-0.25, -0.2) is 4.98 Å². The number of halogens is 2. The number of carbonyl (C=O) groups is 1. The Morgan fingerprint density at radius 3 is 2.77 bits per heavy atom. The summed E-state index contributed by atoms with van der Waals surface area (Å²) in [5.74, 6) is 1.59. The molecule has 156 valence electrons. The number of hydrogen-bond acceptors (Lipinski definition) is 6. The molecule has 1 atom stereocenters. The number of hydrogen-bond donors (Lipinski definition) is 1. The predicted octanol–water partition coefficient (Wildman–Crippen LogP) is 5.01. The number of thioether (sulfide) groups is 1. The SMILES string of the molecule is C[C@H](Sc1nnc(COc2ccccc2Cl)n1C1CC1)C(=O)Nc1ccc(Cl)cn1. The van der Waals surface area contributed by atoms with Gasteiger partial charge in [-0.3, -0.25) is 9.36 Å². The van der Waals surface area contributed by atoms with Crippen molar-refractivity contribution in [2.45, 2.75) is 42.8 Å². The van der Waals surface area contributed by atoms with Gasteiger partial charge in [-0.05, 0) is 44.0 Å². The zero-order valence-corrected chi connectivity index (χ0v) is 18.4. The second-order valence-electron chi connectivity index (χ2n) is 6.83. The Morgan fingerprint density at radius 1 is 1.27 bits per heavy atom. The van der Waals surface area contributed by atoms with Gasteiger partial charge >= 0.3 is 0 Å². The van der Waals surface area contributed by atoms with Crippen molar-refractivity contribution in [3.63, 3.8) is 0 Å². The smallest absolute Gasteiger partial charge is 0.238 e. The number of amides is 1. The average Bonchev–Trinajstić information content (AvgIpc) is 3.50. The van der Waals surface area contributed by atoms with E-state index in [9.17, 15) is 4.79 Å². The Balaban J connectivity index is 1.43. The summed E-state index contributed by atoms with van der Waals surface area (Å²) in [4.78, 5) is 16.6. The summed E-state index contributed by atoms with van der Waals surface area (Å²) in [5.41, 5.74) is 0. The molecule has 2 aromatic heterocycles. The molecule has 0 bridgehead atoms. The number of carbonyl (C=O) groups excluding carboxylic acids is 1. The summed E-state index contributed by atoms with van der Waals surface area (Å²) in [7, 11) is 0. The molecule has 1 saturated carbocycles. The van der Waals surface area contributed by atoms with Crippen molar-refractivity contribution in [3.8, 4) is 5.75 Å². The summed E-state index contributed by atoms with van der Waals surface area (Å²) in [5, 5.41) is 12.8. The van der Waals surface area contributed by atoms with Gasteiger partial charge in [0.15, 0.2) is 11.0 Å². The highest BCUT2D eigenvalue weighted by atomic mass is 35.5. The minimum absolute atomic E-state index is 0.172. The summed E-state index contributed by atoms with van der Waals surface area (Å²) in [6.07, 6.45) is 3.60. The number of benzene rings is 1. The summed E-state index contributed by atoms with van der Waals surface area (Å²) < 4.78 is 7.89. The van der Waals surface area contributed by atoms with E-state index >= 15 is 0 Å². The van der Waals surface area contributed by atoms with E-state index in [0.717, 1.165) is 12.8 Å². The maximum absolute atomic E-state index is 12.6. The molecule has 7 nitrogen and oxygen atoms in total. The molecule has 0 aliphatic heterocycles. The normalized spacial score (nSPS) is 14.4. The number of pyridine rings is 1. The molecule has 10 heteroatoms. The number of para-hydroxylation sites is 1. The molecule has 1 aliphatic rings. The first-order valence-corrected chi connectivity index (χ1v) is 11.0. The van der Waals surface area contributed by atoms with E-state index in [0.29, 0.717) is 38.6 Å². The maximum Gasteiger partial charge on any atom is 0.238 e. The largest absolute Gasteiger partial charge is 0.484 e. The molecule has 1 aliphatic carbocycles. The van der Waals surface area contributed by atoms with Crippen molar-refractivity contribution in [1.29, 1.82) is 0 Å². The van der Waals surface area contributed by atoms with Crippen LogP contribution in [0.2, 0.25) is 10.0 Å². The molecular formula is C20H19Cl2N5O2S. The van der Waals surface area contributed by atoms with Gasteiger partial charge in [-0.15, -0.1) is 10.2 Å². The van der Waals surface area contributed by atoms with Gasteiger partial charge in [-0.2, -0.15) is 0 Å². The minimum atomic E-state index is -0.387. The number of anilines is 1. The lowest BCUT2D eigenvalue weighted by Crippen LogP contribution is -2.23. The number of aromatic nitrogens is 4. The van der Waals surface area contributed by atoms with E-state index in [1.807, 2.05) is 25.1 Å². The Kier molecular flexibility index (Phi) is 6.46. The predicted molar refractivity (Wildman–Crippen MR) is 117 cm³/mol. The van der Waals surface area contributed by atoms with E-state index in [-0.39, 0.29) is 17.8 Å². The standard InChI is InChI=1S/C20H19Cl2N5O2S/c1-12(19(28)24-17-9-6-13(21)10-23-17)30-20-26-25-18(27(20)14-7-8-14)11-29-16-5-3-2-4-15(16)22/h2-6,9-10,12,14H,7-8,11H2,1H3,(H,23,24,28)/t12-/m0/s1. The van der Waals surface area contributed by atoms with Crippen molar-refractivity contribution in [2.24, 2.45) is 0 Å². The molecule has 0 radical (unpaired) electrons. The van der Waals surface area contributed by atoms with Crippen LogP contribution in [0.5, 0.6) is 5.75 Å². The lowest BCUT2D eigenvalue weighted by atomic mass is 10.3. The minimum Gasteiger partial charge on any atom is -0.484 e. The molecule has 3 aromatic rings. The van der Waals surface area contributed by atoms with Gasteiger partial charge in [-0.1, -0.05) is 47.1 Å². The van der Waals surface area contributed by atoms with E-state index in [4.69, 9.17) is 27.9 Å². The van der Waals surface area contributed by atoms with Crippen LogP contribution in [0.1, 0.15) is 31.6 Å². The summed E-state index contributed by atoms with van der Waals surface area (Å²) >= 11 is 13.3. The van der Waals surface area contributed by atoms with Crippen LogP contribution in [0.3, 0.4) is 0 Å². The first-order chi connectivity index (χ1) is 14.5. The molecule has 1 N–H and O–H groups in total. The highest BCUT2D eigenvalue weighted by Crippen LogP contribution is 2.40. The Morgan fingerprint density at radius 2 is 2.07 bits per heavy atom. The van der Waals surface area contributed by atoms with Crippen molar-refractivity contribution in [2.75, 3.05) is 5.32 Å². The third-order valence-corrected chi connectivity index (χ3v) is 6.06. The van der Waals surface area contributed by atoms with E-state index in [1.165, 1.54) is 18.0 Å². The third-order valence-electron chi connectivity index (χ3n) is 4.47. The van der Waals surface area contributed by atoms with Crippen LogP contribution >= 0.6 is 35.0 Å².